The first-order chi connectivity index (χ1) is 15.2. The number of nitrogens with one attached hydrogen (secondary N) is 2. The van der Waals surface area contributed by atoms with Gasteiger partial charge in [-0.05, 0) is 5.56 Å². The minimum atomic E-state index is -1.56. The van der Waals surface area contributed by atoms with Crippen molar-refractivity contribution in [3.8, 4) is 0 Å². The number of hydrogen-bond donors (Lipinski definition) is 4. The molecule has 0 fully saturated rings. The number of methoxy groups -OCH3 is 2. The molecule has 0 saturated heterocycles. The third kappa shape index (κ3) is 7.54. The van der Waals surface area contributed by atoms with Gasteiger partial charge in [0.2, 0.25) is 11.8 Å². The van der Waals surface area contributed by atoms with Gasteiger partial charge in [0.15, 0.2) is 5.92 Å². The van der Waals surface area contributed by atoms with Crippen LogP contribution in [0.3, 0.4) is 0 Å². The van der Waals surface area contributed by atoms with E-state index in [4.69, 9.17) is 10.5 Å². The van der Waals surface area contributed by atoms with Crippen LogP contribution in [0, 0.1) is 11.8 Å². The first kappa shape index (κ1) is 26.4. The van der Waals surface area contributed by atoms with Crippen molar-refractivity contribution >= 4 is 29.8 Å². The minimum Gasteiger partial charge on any atom is -0.468 e. The lowest BCUT2D eigenvalue weighted by molar-refractivity contribution is -0.162. The second-order valence-electron chi connectivity index (χ2n) is 6.71. The number of alkyl carbamates (subject to hydrolysis) is 1. The molecule has 32 heavy (non-hydrogen) atoms. The maximum atomic E-state index is 12.5. The van der Waals surface area contributed by atoms with Gasteiger partial charge in [0.25, 0.3) is 0 Å². The zero-order chi connectivity index (χ0) is 24.3. The van der Waals surface area contributed by atoms with Crippen LogP contribution in [0.5, 0.6) is 0 Å². The molecule has 0 bridgehead atoms. The lowest BCUT2D eigenvalue weighted by Gasteiger charge is -2.28. The Morgan fingerprint density at radius 1 is 1.00 bits per heavy atom. The molecule has 0 heterocycles. The number of carbonyl (C=O) groups excluding carboxylic acids is 5. The standard InChI is InChI=1S/C20H27N3O9/c1-11(14(18(27)30-2)19(28)31-3)15(16(21)25)23-17(26)13(9-24)22-20(29)32-10-12-7-5-4-6-8-12/h4-8,11,13-15,24H,9-10H2,1-3H3,(H2,21,25)(H,22,29)(H,23,26)/t11-,13+,15-/m1/s1. The Kier molecular flexibility index (Phi) is 10.6. The SMILES string of the molecule is COC(=O)C(C(=O)OC)[C@@H](C)[C@@H](NC(=O)[C@H](CO)NC(=O)OCc1ccccc1)C(N)=O. The molecule has 176 valence electrons. The first-order valence-corrected chi connectivity index (χ1v) is 9.49. The number of primary amides is 1. The zero-order valence-electron chi connectivity index (χ0n) is 17.9. The number of aliphatic hydroxyl groups is 1. The number of rotatable bonds is 11. The number of nitrogens with two attached hydrogens (primary N) is 1. The van der Waals surface area contributed by atoms with E-state index >= 15 is 0 Å². The maximum absolute atomic E-state index is 12.5. The van der Waals surface area contributed by atoms with Crippen LogP contribution in [0.15, 0.2) is 30.3 Å². The summed E-state index contributed by atoms with van der Waals surface area (Å²) in [6, 6.07) is 5.71. The van der Waals surface area contributed by atoms with Crippen molar-refractivity contribution in [1.82, 2.24) is 10.6 Å². The Morgan fingerprint density at radius 2 is 1.56 bits per heavy atom. The normalized spacial score (nSPS) is 13.3. The van der Waals surface area contributed by atoms with E-state index in [9.17, 15) is 29.1 Å². The molecule has 0 aliphatic carbocycles. The molecule has 3 atom stereocenters. The summed E-state index contributed by atoms with van der Waals surface area (Å²) in [6.45, 7) is 0.403. The fourth-order valence-electron chi connectivity index (χ4n) is 2.79. The summed E-state index contributed by atoms with van der Waals surface area (Å²) in [6.07, 6.45) is -0.992. The van der Waals surface area contributed by atoms with E-state index in [1.165, 1.54) is 6.92 Å². The summed E-state index contributed by atoms with van der Waals surface area (Å²) in [5, 5.41) is 13.9. The molecular formula is C20H27N3O9. The van der Waals surface area contributed by atoms with Crippen molar-refractivity contribution in [3.05, 3.63) is 35.9 Å². The van der Waals surface area contributed by atoms with E-state index in [1.807, 2.05) is 0 Å². The molecule has 0 saturated carbocycles. The molecule has 0 radical (unpaired) electrons. The van der Waals surface area contributed by atoms with Crippen molar-refractivity contribution in [1.29, 1.82) is 0 Å². The van der Waals surface area contributed by atoms with Crippen molar-refractivity contribution in [3.63, 3.8) is 0 Å². The highest BCUT2D eigenvalue weighted by molar-refractivity contribution is 5.97. The van der Waals surface area contributed by atoms with Gasteiger partial charge < -0.3 is 35.7 Å². The lowest BCUT2D eigenvalue weighted by Crippen LogP contribution is -2.58. The van der Waals surface area contributed by atoms with E-state index in [2.05, 4.69) is 20.1 Å². The summed E-state index contributed by atoms with van der Waals surface area (Å²) in [5.74, 6) is -6.77. The Labute approximate surface area is 184 Å². The minimum absolute atomic E-state index is 0.0761. The Hall–Kier alpha value is -3.67. The van der Waals surface area contributed by atoms with Crippen LogP contribution in [0.4, 0.5) is 4.79 Å². The molecule has 3 amide bonds. The molecular weight excluding hydrogens is 426 g/mol. The van der Waals surface area contributed by atoms with Gasteiger partial charge in [-0.3, -0.25) is 19.2 Å². The van der Waals surface area contributed by atoms with Gasteiger partial charge in [-0.15, -0.1) is 0 Å². The van der Waals surface area contributed by atoms with Crippen LogP contribution in [0.2, 0.25) is 0 Å². The molecule has 5 N–H and O–H groups in total. The first-order valence-electron chi connectivity index (χ1n) is 9.49. The van der Waals surface area contributed by atoms with Crippen LogP contribution in [0.1, 0.15) is 12.5 Å². The molecule has 0 unspecified atom stereocenters. The quantitative estimate of drug-likeness (QED) is 0.182. The van der Waals surface area contributed by atoms with Crippen molar-refractivity contribution in [2.75, 3.05) is 20.8 Å². The van der Waals surface area contributed by atoms with Crippen LogP contribution in [-0.2, 0) is 40.0 Å². The molecule has 1 aromatic carbocycles. The summed E-state index contributed by atoms with van der Waals surface area (Å²) >= 11 is 0. The number of amides is 3. The monoisotopic (exact) mass is 453 g/mol. The van der Waals surface area contributed by atoms with Crippen LogP contribution < -0.4 is 16.4 Å². The Morgan fingerprint density at radius 3 is 2.03 bits per heavy atom. The predicted molar refractivity (Wildman–Crippen MR) is 108 cm³/mol. The summed E-state index contributed by atoms with van der Waals surface area (Å²) in [5.41, 5.74) is 6.03. The van der Waals surface area contributed by atoms with Gasteiger partial charge in [0, 0.05) is 5.92 Å². The zero-order valence-corrected chi connectivity index (χ0v) is 17.9. The molecule has 12 nitrogen and oxygen atoms in total. The molecule has 0 aliphatic rings. The summed E-state index contributed by atoms with van der Waals surface area (Å²) in [7, 11) is 2.07. The smallest absolute Gasteiger partial charge is 0.408 e. The highest BCUT2D eigenvalue weighted by Gasteiger charge is 2.41. The van der Waals surface area contributed by atoms with Gasteiger partial charge in [-0.2, -0.15) is 0 Å². The van der Waals surface area contributed by atoms with Crippen LogP contribution in [-0.4, -0.2) is 67.9 Å². The van der Waals surface area contributed by atoms with Gasteiger partial charge in [-0.25, -0.2) is 4.79 Å². The van der Waals surface area contributed by atoms with Gasteiger partial charge in [0.1, 0.15) is 18.7 Å². The van der Waals surface area contributed by atoms with E-state index in [0.717, 1.165) is 14.2 Å². The summed E-state index contributed by atoms with van der Waals surface area (Å²) < 4.78 is 14.1. The number of hydrogen-bond acceptors (Lipinski definition) is 9. The highest BCUT2D eigenvalue weighted by atomic mass is 16.6. The topological polar surface area (TPSA) is 183 Å². The van der Waals surface area contributed by atoms with Crippen LogP contribution >= 0.6 is 0 Å². The molecule has 0 aromatic heterocycles. The average molecular weight is 453 g/mol. The molecule has 12 heteroatoms. The van der Waals surface area contributed by atoms with Crippen molar-refractivity contribution in [2.24, 2.45) is 17.6 Å². The van der Waals surface area contributed by atoms with E-state index in [1.54, 1.807) is 30.3 Å². The van der Waals surface area contributed by atoms with E-state index in [0.29, 0.717) is 5.56 Å². The number of ether oxygens (including phenoxy) is 3. The second kappa shape index (κ2) is 12.9. The number of benzene rings is 1. The maximum Gasteiger partial charge on any atom is 0.408 e. The highest BCUT2D eigenvalue weighted by Crippen LogP contribution is 2.19. The molecule has 1 rings (SSSR count). The number of carbonyl (C=O) groups is 5. The van der Waals surface area contributed by atoms with Crippen molar-refractivity contribution in [2.45, 2.75) is 25.6 Å². The van der Waals surface area contributed by atoms with E-state index < -0.39 is 60.4 Å². The molecule has 0 spiro atoms. The van der Waals surface area contributed by atoms with Crippen molar-refractivity contribution < 1.29 is 43.3 Å². The average Bonchev–Trinajstić information content (AvgIpc) is 2.79. The molecule has 0 aliphatic heterocycles. The van der Waals surface area contributed by atoms with E-state index in [-0.39, 0.29) is 6.61 Å². The number of esters is 2. The fourth-order valence-corrected chi connectivity index (χ4v) is 2.79. The largest absolute Gasteiger partial charge is 0.468 e. The fraction of sp³-hybridized carbons (Fsp3) is 0.450. The van der Waals surface area contributed by atoms with Gasteiger partial charge >= 0.3 is 18.0 Å². The third-order valence-electron chi connectivity index (χ3n) is 4.57. The summed E-state index contributed by atoms with van der Waals surface area (Å²) in [4.78, 5) is 60.4. The Balaban J connectivity index is 2.85. The predicted octanol–water partition coefficient (Wildman–Crippen LogP) is -1.16. The second-order valence-corrected chi connectivity index (χ2v) is 6.71. The Bertz CT molecular complexity index is 800. The lowest BCUT2D eigenvalue weighted by atomic mass is 9.86. The van der Waals surface area contributed by atoms with Crippen LogP contribution in [0.25, 0.3) is 0 Å². The molecule has 1 aromatic rings. The van der Waals surface area contributed by atoms with Gasteiger partial charge in [0.05, 0.1) is 20.8 Å². The van der Waals surface area contributed by atoms with Gasteiger partial charge in [-0.1, -0.05) is 37.3 Å². The third-order valence-corrected chi connectivity index (χ3v) is 4.57. The number of aliphatic hydroxyl groups excluding tert-OH is 1.